The maximum Gasteiger partial charge on any atom is 0.329 e. The number of aliphatic carboxylic acids is 1. The van der Waals surface area contributed by atoms with E-state index in [9.17, 15) is 14.7 Å². The Morgan fingerprint density at radius 3 is 2.70 bits per heavy atom. The second-order valence-electron chi connectivity index (χ2n) is 5.65. The van der Waals surface area contributed by atoms with Gasteiger partial charge < -0.3 is 14.8 Å². The quantitative estimate of drug-likeness (QED) is 0.826. The molecule has 0 saturated carbocycles. The molecule has 7 heteroatoms. The molecule has 1 aliphatic heterocycles. The molecular formula is C16H16BrNO4S. The number of carbonyl (C=O) groups is 2. The van der Waals surface area contributed by atoms with E-state index in [0.717, 1.165) is 21.4 Å². The van der Waals surface area contributed by atoms with Crippen molar-refractivity contribution in [2.75, 3.05) is 11.5 Å². The van der Waals surface area contributed by atoms with Crippen LogP contribution in [0.2, 0.25) is 0 Å². The first kappa shape index (κ1) is 16.4. The zero-order valence-electron chi connectivity index (χ0n) is 12.5. The number of carboxylic acids is 1. The number of nitrogens with one attached hydrogen (secondary N) is 1. The second-order valence-corrected chi connectivity index (χ2v) is 7.79. The van der Waals surface area contributed by atoms with E-state index in [4.69, 9.17) is 4.42 Å². The average molecular weight is 398 g/mol. The zero-order chi connectivity index (χ0) is 16.6. The fourth-order valence-corrected chi connectivity index (χ4v) is 4.35. The van der Waals surface area contributed by atoms with Crippen molar-refractivity contribution in [1.29, 1.82) is 0 Å². The first-order chi connectivity index (χ1) is 10.9. The van der Waals surface area contributed by atoms with Gasteiger partial charge in [-0.15, -0.1) is 0 Å². The summed E-state index contributed by atoms with van der Waals surface area (Å²) in [7, 11) is 0. The van der Waals surface area contributed by atoms with Gasteiger partial charge in [0, 0.05) is 15.4 Å². The lowest BCUT2D eigenvalue weighted by Crippen LogP contribution is -2.56. The van der Waals surface area contributed by atoms with E-state index < -0.39 is 17.4 Å². The smallest absolute Gasteiger partial charge is 0.329 e. The summed E-state index contributed by atoms with van der Waals surface area (Å²) in [5.41, 5.74) is 0.123. The van der Waals surface area contributed by atoms with Crippen molar-refractivity contribution in [2.45, 2.75) is 25.3 Å². The number of furan rings is 1. The summed E-state index contributed by atoms with van der Waals surface area (Å²) in [6.07, 6.45) is 0.840. The number of hydrogen-bond acceptors (Lipinski definition) is 4. The molecule has 1 amide bonds. The molecule has 1 saturated heterocycles. The fourth-order valence-electron chi connectivity index (χ4n) is 2.80. The Morgan fingerprint density at radius 1 is 1.35 bits per heavy atom. The van der Waals surface area contributed by atoms with E-state index >= 15 is 0 Å². The van der Waals surface area contributed by atoms with Crippen LogP contribution in [0.1, 0.15) is 29.0 Å². The maximum absolute atomic E-state index is 12.6. The number of hydrogen-bond donors (Lipinski definition) is 2. The van der Waals surface area contributed by atoms with Crippen LogP contribution in [-0.2, 0) is 4.79 Å². The SMILES string of the molecule is Cc1c(C(=O)NC2(C(=O)O)CCSCC2)oc2ccc(Br)cc12. The molecule has 2 aromatic rings. The number of carboxylic acid groups (broad SMARTS) is 1. The van der Waals surface area contributed by atoms with Crippen molar-refractivity contribution in [3.63, 3.8) is 0 Å². The van der Waals surface area contributed by atoms with Gasteiger partial charge >= 0.3 is 5.97 Å². The van der Waals surface area contributed by atoms with Gasteiger partial charge in [-0.3, -0.25) is 4.79 Å². The Bertz CT molecular complexity index is 780. The van der Waals surface area contributed by atoms with E-state index in [-0.39, 0.29) is 5.76 Å². The van der Waals surface area contributed by atoms with E-state index in [1.807, 2.05) is 12.1 Å². The van der Waals surface area contributed by atoms with Gasteiger partial charge in [0.2, 0.25) is 0 Å². The Labute approximate surface area is 145 Å². The molecule has 0 radical (unpaired) electrons. The van der Waals surface area contributed by atoms with Gasteiger partial charge in [-0.2, -0.15) is 11.8 Å². The van der Waals surface area contributed by atoms with Crippen LogP contribution in [-0.4, -0.2) is 34.0 Å². The van der Waals surface area contributed by atoms with Crippen LogP contribution < -0.4 is 5.32 Å². The lowest BCUT2D eigenvalue weighted by Gasteiger charge is -2.33. The standard InChI is InChI=1S/C16H16BrNO4S/c1-9-11-8-10(17)2-3-12(11)22-13(9)14(19)18-16(15(20)21)4-6-23-7-5-16/h2-3,8H,4-7H2,1H3,(H,18,19)(H,20,21). The molecule has 1 aliphatic rings. The van der Waals surface area contributed by atoms with Crippen molar-refractivity contribution in [3.05, 3.63) is 34.0 Å². The van der Waals surface area contributed by atoms with Crippen LogP contribution >= 0.6 is 27.7 Å². The molecule has 1 aromatic heterocycles. The Kier molecular flexibility index (Phi) is 4.42. The number of amides is 1. The maximum atomic E-state index is 12.6. The lowest BCUT2D eigenvalue weighted by atomic mass is 9.92. The number of benzene rings is 1. The zero-order valence-corrected chi connectivity index (χ0v) is 14.9. The minimum Gasteiger partial charge on any atom is -0.480 e. The first-order valence-corrected chi connectivity index (χ1v) is 9.20. The van der Waals surface area contributed by atoms with Crippen LogP contribution in [0.5, 0.6) is 0 Å². The highest BCUT2D eigenvalue weighted by Crippen LogP contribution is 2.31. The van der Waals surface area contributed by atoms with Crippen molar-refractivity contribution in [1.82, 2.24) is 5.32 Å². The molecule has 122 valence electrons. The topological polar surface area (TPSA) is 79.5 Å². The van der Waals surface area contributed by atoms with Gasteiger partial charge in [0.1, 0.15) is 11.1 Å². The normalized spacial score (nSPS) is 17.1. The largest absolute Gasteiger partial charge is 0.480 e. The Balaban J connectivity index is 1.94. The molecule has 0 aliphatic carbocycles. The monoisotopic (exact) mass is 397 g/mol. The molecule has 0 atom stereocenters. The van der Waals surface area contributed by atoms with Crippen LogP contribution in [0.25, 0.3) is 11.0 Å². The van der Waals surface area contributed by atoms with E-state index in [1.165, 1.54) is 0 Å². The summed E-state index contributed by atoms with van der Waals surface area (Å²) in [5, 5.41) is 13.1. The van der Waals surface area contributed by atoms with E-state index in [1.54, 1.807) is 24.8 Å². The number of aryl methyl sites for hydroxylation is 1. The number of thioether (sulfide) groups is 1. The van der Waals surface area contributed by atoms with Gasteiger partial charge in [-0.25, -0.2) is 4.79 Å². The highest BCUT2D eigenvalue weighted by molar-refractivity contribution is 9.10. The van der Waals surface area contributed by atoms with Crippen LogP contribution in [0, 0.1) is 6.92 Å². The highest BCUT2D eigenvalue weighted by atomic mass is 79.9. The average Bonchev–Trinajstić information content (AvgIpc) is 2.85. The number of rotatable bonds is 3. The Morgan fingerprint density at radius 2 is 2.04 bits per heavy atom. The minimum absolute atomic E-state index is 0.178. The molecule has 0 bridgehead atoms. The molecule has 1 fully saturated rings. The van der Waals surface area contributed by atoms with Crippen molar-refractivity contribution >= 4 is 50.5 Å². The summed E-state index contributed by atoms with van der Waals surface area (Å²) in [6, 6.07) is 5.51. The third-order valence-corrected chi connectivity index (χ3v) is 5.69. The minimum atomic E-state index is -1.20. The van der Waals surface area contributed by atoms with Crippen molar-refractivity contribution < 1.29 is 19.1 Å². The molecule has 2 N–H and O–H groups in total. The molecule has 1 aromatic carbocycles. The third-order valence-electron chi connectivity index (χ3n) is 4.21. The highest BCUT2D eigenvalue weighted by Gasteiger charge is 2.42. The fraction of sp³-hybridized carbons (Fsp3) is 0.375. The number of carbonyl (C=O) groups excluding carboxylic acids is 1. The second kappa shape index (κ2) is 6.20. The van der Waals surface area contributed by atoms with Gasteiger partial charge in [-0.1, -0.05) is 15.9 Å². The summed E-state index contributed by atoms with van der Waals surface area (Å²) in [6.45, 7) is 1.80. The van der Waals surface area contributed by atoms with Gasteiger partial charge in [0.25, 0.3) is 5.91 Å². The molecule has 23 heavy (non-hydrogen) atoms. The summed E-state index contributed by atoms with van der Waals surface area (Å²) in [5.74, 6) is 0.167. The summed E-state index contributed by atoms with van der Waals surface area (Å²) in [4.78, 5) is 24.3. The van der Waals surface area contributed by atoms with Gasteiger partial charge in [-0.05, 0) is 49.5 Å². The summed E-state index contributed by atoms with van der Waals surface area (Å²) < 4.78 is 6.55. The molecule has 3 rings (SSSR count). The molecule has 2 heterocycles. The molecule has 0 unspecified atom stereocenters. The Hall–Kier alpha value is -1.47. The number of halogens is 1. The third kappa shape index (κ3) is 2.99. The number of fused-ring (bicyclic) bond motifs is 1. The predicted octanol–water partition coefficient (Wildman–Crippen LogP) is 3.58. The molecule has 5 nitrogen and oxygen atoms in total. The van der Waals surface area contributed by atoms with Gasteiger partial charge in [0.05, 0.1) is 0 Å². The first-order valence-electron chi connectivity index (χ1n) is 7.25. The van der Waals surface area contributed by atoms with Crippen molar-refractivity contribution in [3.8, 4) is 0 Å². The molecule has 0 spiro atoms. The van der Waals surface area contributed by atoms with E-state index in [0.29, 0.717) is 24.0 Å². The lowest BCUT2D eigenvalue weighted by molar-refractivity contribution is -0.144. The molecular weight excluding hydrogens is 382 g/mol. The van der Waals surface area contributed by atoms with Crippen LogP contribution in [0.3, 0.4) is 0 Å². The van der Waals surface area contributed by atoms with Crippen molar-refractivity contribution in [2.24, 2.45) is 0 Å². The predicted molar refractivity (Wildman–Crippen MR) is 93.0 cm³/mol. The van der Waals surface area contributed by atoms with Crippen LogP contribution in [0.15, 0.2) is 27.1 Å². The van der Waals surface area contributed by atoms with E-state index in [2.05, 4.69) is 21.2 Å². The summed E-state index contributed by atoms with van der Waals surface area (Å²) >= 11 is 5.10. The van der Waals surface area contributed by atoms with Gasteiger partial charge in [0.15, 0.2) is 5.76 Å². The van der Waals surface area contributed by atoms with Crippen LogP contribution in [0.4, 0.5) is 0 Å².